The number of rotatable bonds is 7. The molecule has 1 saturated heterocycles. The van der Waals surface area contributed by atoms with E-state index in [9.17, 15) is 18.0 Å². The van der Waals surface area contributed by atoms with Crippen LogP contribution in [0.4, 0.5) is 5.69 Å². The lowest BCUT2D eigenvalue weighted by atomic mass is 10.3. The van der Waals surface area contributed by atoms with Crippen LogP contribution in [-0.2, 0) is 24.2 Å². The van der Waals surface area contributed by atoms with E-state index in [4.69, 9.17) is 4.74 Å². The topological polar surface area (TPSA) is 89.5 Å². The van der Waals surface area contributed by atoms with Crippen molar-refractivity contribution in [2.75, 3.05) is 35.4 Å². The molecule has 6 nitrogen and oxygen atoms in total. The van der Waals surface area contributed by atoms with Gasteiger partial charge in [0.2, 0.25) is 0 Å². The minimum atomic E-state index is -2.95. The maximum atomic E-state index is 11.8. The van der Waals surface area contributed by atoms with Crippen molar-refractivity contribution in [2.24, 2.45) is 0 Å². The van der Waals surface area contributed by atoms with Gasteiger partial charge in [0.05, 0.1) is 22.9 Å². The van der Waals surface area contributed by atoms with Crippen molar-refractivity contribution < 1.29 is 22.7 Å². The third kappa shape index (κ3) is 6.03. The fourth-order valence-corrected chi connectivity index (χ4v) is 6.19. The number of esters is 1. The number of nitrogens with one attached hydrogen (secondary N) is 1. The van der Waals surface area contributed by atoms with Crippen LogP contribution in [0.5, 0.6) is 0 Å². The third-order valence-corrected chi connectivity index (χ3v) is 7.42. The lowest BCUT2D eigenvalue weighted by molar-refractivity contribution is -0.144. The first-order valence-electron chi connectivity index (χ1n) is 7.30. The quantitative estimate of drug-likeness (QED) is 0.562. The smallest absolute Gasteiger partial charge is 0.316 e. The van der Waals surface area contributed by atoms with Gasteiger partial charge in [0.1, 0.15) is 0 Å². The van der Waals surface area contributed by atoms with Crippen LogP contribution < -0.4 is 5.32 Å². The number of benzene rings is 1. The number of carbonyl (C=O) groups is 2. The van der Waals surface area contributed by atoms with Gasteiger partial charge in [-0.25, -0.2) is 8.42 Å². The number of para-hydroxylation sites is 1. The zero-order valence-electron chi connectivity index (χ0n) is 13.2. The molecule has 1 N–H and O–H groups in total. The van der Waals surface area contributed by atoms with Crippen LogP contribution in [0.1, 0.15) is 6.42 Å². The van der Waals surface area contributed by atoms with Gasteiger partial charge in [0.15, 0.2) is 16.4 Å². The van der Waals surface area contributed by atoms with Crippen molar-refractivity contribution in [1.29, 1.82) is 0 Å². The summed E-state index contributed by atoms with van der Waals surface area (Å²) in [7, 11) is -2.95. The molecule has 2 rings (SSSR count). The molecule has 0 unspecified atom stereocenters. The molecular formula is C15H19NO5S3. The highest BCUT2D eigenvalue weighted by molar-refractivity contribution is 8.02. The Morgan fingerprint density at radius 1 is 1.33 bits per heavy atom. The molecule has 0 saturated carbocycles. The highest BCUT2D eigenvalue weighted by atomic mass is 32.2. The molecule has 0 aliphatic carbocycles. The number of thioether (sulfide) groups is 2. The minimum Gasteiger partial charge on any atom is -0.455 e. The van der Waals surface area contributed by atoms with Crippen molar-refractivity contribution in [3.8, 4) is 0 Å². The van der Waals surface area contributed by atoms with Gasteiger partial charge in [0, 0.05) is 10.1 Å². The average molecular weight is 390 g/mol. The van der Waals surface area contributed by atoms with E-state index in [0.29, 0.717) is 12.1 Å². The monoisotopic (exact) mass is 389 g/mol. The van der Waals surface area contributed by atoms with E-state index in [-0.39, 0.29) is 29.1 Å². The molecule has 0 spiro atoms. The Kier molecular flexibility index (Phi) is 7.00. The number of ether oxygens (including phenoxy) is 1. The number of sulfone groups is 1. The number of hydrogen-bond donors (Lipinski definition) is 1. The zero-order valence-corrected chi connectivity index (χ0v) is 15.6. The Bertz CT molecular complexity index is 705. The van der Waals surface area contributed by atoms with Gasteiger partial charge in [-0.1, -0.05) is 12.1 Å². The molecule has 1 aliphatic heterocycles. The number of carbonyl (C=O) groups excluding carboxylic acids is 2. The standard InChI is InChI=1S/C15H19NO5S3/c1-22-13-5-3-2-4-12(13)16-14(17)8-21-15(18)9-23-11-6-7-24(19,20)10-11/h2-5,11H,6-10H2,1H3,(H,16,17)/t11-/m0/s1. The fraction of sp³-hybridized carbons (Fsp3) is 0.467. The average Bonchev–Trinajstić information content (AvgIpc) is 2.90. The van der Waals surface area contributed by atoms with Gasteiger partial charge < -0.3 is 10.1 Å². The van der Waals surface area contributed by atoms with Crippen molar-refractivity contribution in [2.45, 2.75) is 16.6 Å². The first-order valence-corrected chi connectivity index (χ1v) is 11.4. The molecule has 1 amide bonds. The van der Waals surface area contributed by atoms with Crippen LogP contribution in [0.25, 0.3) is 0 Å². The first-order chi connectivity index (χ1) is 11.4. The number of anilines is 1. The molecule has 0 aromatic heterocycles. The maximum absolute atomic E-state index is 11.8. The SMILES string of the molecule is CSc1ccccc1NC(=O)COC(=O)CS[C@H]1CCS(=O)(=O)C1. The largest absolute Gasteiger partial charge is 0.455 e. The predicted octanol–water partition coefficient (Wildman–Crippen LogP) is 1.81. The van der Waals surface area contributed by atoms with E-state index in [0.717, 1.165) is 4.90 Å². The van der Waals surface area contributed by atoms with Gasteiger partial charge in [-0.05, 0) is 24.8 Å². The summed E-state index contributed by atoms with van der Waals surface area (Å²) in [6.45, 7) is -0.356. The van der Waals surface area contributed by atoms with Crippen LogP contribution in [0.2, 0.25) is 0 Å². The van der Waals surface area contributed by atoms with Gasteiger partial charge in [-0.3, -0.25) is 9.59 Å². The lowest BCUT2D eigenvalue weighted by Gasteiger charge is -2.10. The summed E-state index contributed by atoms with van der Waals surface area (Å²) in [5.41, 5.74) is 0.677. The minimum absolute atomic E-state index is 0.0505. The second kappa shape index (κ2) is 8.77. The highest BCUT2D eigenvalue weighted by Crippen LogP contribution is 2.25. The molecule has 1 atom stereocenters. The van der Waals surface area contributed by atoms with Crippen molar-refractivity contribution in [3.05, 3.63) is 24.3 Å². The molecule has 0 bridgehead atoms. The summed E-state index contributed by atoms with van der Waals surface area (Å²) < 4.78 is 27.6. The van der Waals surface area contributed by atoms with Gasteiger partial charge in [-0.2, -0.15) is 0 Å². The van der Waals surface area contributed by atoms with E-state index >= 15 is 0 Å². The summed E-state index contributed by atoms with van der Waals surface area (Å²) in [6.07, 6.45) is 2.47. The lowest BCUT2D eigenvalue weighted by Crippen LogP contribution is -2.22. The second-order valence-corrected chi connectivity index (χ2v) is 9.61. The molecule has 0 radical (unpaired) electrons. The van der Waals surface area contributed by atoms with E-state index in [2.05, 4.69) is 5.32 Å². The van der Waals surface area contributed by atoms with Crippen LogP contribution in [0.15, 0.2) is 29.2 Å². The summed E-state index contributed by atoms with van der Waals surface area (Å²) in [4.78, 5) is 24.4. The molecule has 1 aromatic carbocycles. The summed E-state index contributed by atoms with van der Waals surface area (Å²) in [5, 5.41) is 2.64. The molecular weight excluding hydrogens is 370 g/mol. The maximum Gasteiger partial charge on any atom is 0.316 e. The Hall–Kier alpha value is -1.19. The van der Waals surface area contributed by atoms with Gasteiger partial charge >= 0.3 is 5.97 Å². The summed E-state index contributed by atoms with van der Waals surface area (Å²) >= 11 is 2.78. The third-order valence-electron chi connectivity index (χ3n) is 3.37. The molecule has 1 heterocycles. The number of hydrogen-bond acceptors (Lipinski definition) is 7. The zero-order chi connectivity index (χ0) is 17.6. The Labute approximate surface area is 150 Å². The van der Waals surface area contributed by atoms with Crippen LogP contribution >= 0.6 is 23.5 Å². The van der Waals surface area contributed by atoms with E-state index in [1.54, 1.807) is 6.07 Å². The van der Waals surface area contributed by atoms with E-state index < -0.39 is 21.7 Å². The van der Waals surface area contributed by atoms with E-state index in [1.807, 2.05) is 24.5 Å². The predicted molar refractivity (Wildman–Crippen MR) is 97.3 cm³/mol. The fourth-order valence-electron chi connectivity index (χ4n) is 2.20. The van der Waals surface area contributed by atoms with Gasteiger partial charge in [-0.15, -0.1) is 23.5 Å². The van der Waals surface area contributed by atoms with Gasteiger partial charge in [0.25, 0.3) is 5.91 Å². The highest BCUT2D eigenvalue weighted by Gasteiger charge is 2.28. The molecule has 1 aliphatic rings. The normalized spacial score (nSPS) is 19.0. The molecule has 132 valence electrons. The molecule has 9 heteroatoms. The Morgan fingerprint density at radius 3 is 2.75 bits per heavy atom. The first kappa shape index (κ1) is 19.1. The van der Waals surface area contributed by atoms with Crippen molar-refractivity contribution in [1.82, 2.24) is 0 Å². The van der Waals surface area contributed by atoms with E-state index in [1.165, 1.54) is 23.5 Å². The Morgan fingerprint density at radius 2 is 2.08 bits per heavy atom. The van der Waals surface area contributed by atoms with Crippen LogP contribution in [0.3, 0.4) is 0 Å². The summed E-state index contributed by atoms with van der Waals surface area (Å²) in [5.74, 6) is -0.584. The molecule has 1 fully saturated rings. The van der Waals surface area contributed by atoms with Crippen LogP contribution in [-0.4, -0.2) is 55.7 Å². The van der Waals surface area contributed by atoms with Crippen molar-refractivity contribution >= 4 is 50.9 Å². The Balaban J connectivity index is 1.70. The van der Waals surface area contributed by atoms with Crippen molar-refractivity contribution in [3.63, 3.8) is 0 Å². The second-order valence-electron chi connectivity index (χ2n) is 5.25. The molecule has 24 heavy (non-hydrogen) atoms. The summed E-state index contributed by atoms with van der Waals surface area (Å²) in [6, 6.07) is 7.36. The molecule has 1 aromatic rings. The number of amides is 1. The van der Waals surface area contributed by atoms with Crippen LogP contribution in [0, 0.1) is 0 Å².